The highest BCUT2D eigenvalue weighted by atomic mass is 16.2. The van der Waals surface area contributed by atoms with Crippen LogP contribution < -0.4 is 10.2 Å². The first-order chi connectivity index (χ1) is 11.0. The van der Waals surface area contributed by atoms with Crippen LogP contribution in [0.5, 0.6) is 0 Å². The molecular weight excluding hydrogens is 288 g/mol. The Morgan fingerprint density at radius 2 is 1.78 bits per heavy atom. The zero-order chi connectivity index (χ0) is 16.6. The van der Waals surface area contributed by atoms with Gasteiger partial charge in [-0.1, -0.05) is 18.2 Å². The number of benzene rings is 2. The van der Waals surface area contributed by atoms with E-state index < -0.39 is 6.04 Å². The molecule has 118 valence electrons. The Bertz CT molecular complexity index is 783. The molecule has 0 saturated carbocycles. The van der Waals surface area contributed by atoms with Gasteiger partial charge >= 0.3 is 0 Å². The Morgan fingerprint density at radius 1 is 1.00 bits per heavy atom. The predicted octanol–water partition coefficient (Wildman–Crippen LogP) is 3.36. The Hall–Kier alpha value is -2.62. The summed E-state index contributed by atoms with van der Waals surface area (Å²) >= 11 is 0. The lowest BCUT2D eigenvalue weighted by molar-refractivity contribution is -0.121. The van der Waals surface area contributed by atoms with E-state index in [0.29, 0.717) is 5.69 Å². The molecule has 4 nitrogen and oxygen atoms in total. The van der Waals surface area contributed by atoms with Crippen molar-refractivity contribution in [1.29, 1.82) is 0 Å². The zero-order valence-corrected chi connectivity index (χ0v) is 13.6. The molecule has 4 heteroatoms. The van der Waals surface area contributed by atoms with E-state index in [0.717, 1.165) is 16.8 Å². The lowest BCUT2D eigenvalue weighted by Crippen LogP contribution is -2.34. The Balaban J connectivity index is 1.82. The number of aryl methyl sites for hydroxylation is 3. The highest BCUT2D eigenvalue weighted by Crippen LogP contribution is 2.26. The van der Waals surface area contributed by atoms with Crippen LogP contribution in [0.3, 0.4) is 0 Å². The number of carbonyl (C=O) groups is 2. The summed E-state index contributed by atoms with van der Waals surface area (Å²) < 4.78 is 0. The van der Waals surface area contributed by atoms with E-state index in [9.17, 15) is 9.59 Å². The van der Waals surface area contributed by atoms with Crippen molar-refractivity contribution < 1.29 is 9.59 Å². The molecule has 23 heavy (non-hydrogen) atoms. The van der Waals surface area contributed by atoms with Crippen molar-refractivity contribution in [2.75, 3.05) is 10.2 Å². The van der Waals surface area contributed by atoms with Gasteiger partial charge in [0, 0.05) is 5.69 Å². The van der Waals surface area contributed by atoms with Gasteiger partial charge in [-0.3, -0.25) is 9.59 Å². The normalized spacial score (nSPS) is 17.7. The van der Waals surface area contributed by atoms with Crippen molar-refractivity contribution >= 4 is 23.2 Å². The molecular formula is C19H20N2O2. The van der Waals surface area contributed by atoms with E-state index in [1.807, 2.05) is 57.2 Å². The van der Waals surface area contributed by atoms with Gasteiger partial charge in [0.25, 0.3) is 5.91 Å². The molecule has 2 aromatic rings. The van der Waals surface area contributed by atoms with Crippen molar-refractivity contribution in [3.8, 4) is 0 Å². The first-order valence-electron chi connectivity index (χ1n) is 7.73. The van der Waals surface area contributed by atoms with Crippen LogP contribution in [0.2, 0.25) is 0 Å². The molecule has 0 spiro atoms. The number of anilines is 2. The number of carbonyl (C=O) groups excluding carboxylic acids is 2. The smallest absolute Gasteiger partial charge is 0.256 e. The van der Waals surface area contributed by atoms with Crippen molar-refractivity contribution in [3.05, 3.63) is 59.2 Å². The first-order valence-corrected chi connectivity index (χ1v) is 7.73. The average Bonchev–Trinajstić information content (AvgIpc) is 2.77. The third-order valence-corrected chi connectivity index (χ3v) is 4.25. The Morgan fingerprint density at radius 3 is 2.48 bits per heavy atom. The summed E-state index contributed by atoms with van der Waals surface area (Å²) in [5.74, 6) is -0.360. The second-order valence-corrected chi connectivity index (χ2v) is 6.11. The standard InChI is InChI=1S/C19H20N2O2/c1-12-5-4-6-16(9-12)21-18(22)11-17(19(21)23)20-15-8-7-13(2)14(3)10-15/h4-10,17,20H,11H2,1-3H3/t17-/m1/s1. The van der Waals surface area contributed by atoms with Gasteiger partial charge in [-0.05, 0) is 61.7 Å². The molecule has 0 aromatic heterocycles. The second kappa shape index (κ2) is 5.88. The number of hydrogen-bond acceptors (Lipinski definition) is 3. The SMILES string of the molecule is Cc1cccc(N2C(=O)C[C@@H](Nc3ccc(C)c(C)c3)C2=O)c1. The number of nitrogens with zero attached hydrogens (tertiary/aromatic N) is 1. The molecule has 2 amide bonds. The second-order valence-electron chi connectivity index (χ2n) is 6.11. The predicted molar refractivity (Wildman–Crippen MR) is 91.6 cm³/mol. The number of nitrogens with one attached hydrogen (secondary N) is 1. The number of rotatable bonds is 3. The van der Waals surface area contributed by atoms with E-state index in [1.165, 1.54) is 10.5 Å². The highest BCUT2D eigenvalue weighted by Gasteiger charge is 2.39. The molecule has 1 saturated heterocycles. The van der Waals surface area contributed by atoms with Gasteiger partial charge < -0.3 is 5.32 Å². The van der Waals surface area contributed by atoms with Crippen LogP contribution >= 0.6 is 0 Å². The monoisotopic (exact) mass is 308 g/mol. The summed E-state index contributed by atoms with van der Waals surface area (Å²) in [5, 5.41) is 3.19. The third kappa shape index (κ3) is 2.97. The van der Waals surface area contributed by atoms with Gasteiger partial charge in [0.05, 0.1) is 12.1 Å². The molecule has 1 N–H and O–H groups in total. The van der Waals surface area contributed by atoms with Crippen LogP contribution in [-0.4, -0.2) is 17.9 Å². The van der Waals surface area contributed by atoms with Crippen LogP contribution in [0.25, 0.3) is 0 Å². The van der Waals surface area contributed by atoms with Gasteiger partial charge in [-0.2, -0.15) is 0 Å². The largest absolute Gasteiger partial charge is 0.373 e. The molecule has 2 aromatic carbocycles. The number of amides is 2. The van der Waals surface area contributed by atoms with Crippen molar-refractivity contribution in [2.45, 2.75) is 33.2 Å². The summed E-state index contributed by atoms with van der Waals surface area (Å²) in [6.07, 6.45) is 0.180. The fourth-order valence-corrected chi connectivity index (χ4v) is 2.82. The van der Waals surface area contributed by atoms with Gasteiger partial charge in [-0.15, -0.1) is 0 Å². The van der Waals surface area contributed by atoms with Gasteiger partial charge in [0.15, 0.2) is 0 Å². The van der Waals surface area contributed by atoms with Crippen molar-refractivity contribution in [1.82, 2.24) is 0 Å². The minimum atomic E-state index is -0.509. The maximum atomic E-state index is 12.6. The molecule has 1 heterocycles. The molecule has 0 radical (unpaired) electrons. The average molecular weight is 308 g/mol. The molecule has 0 bridgehead atoms. The van der Waals surface area contributed by atoms with Crippen LogP contribution in [0, 0.1) is 20.8 Å². The summed E-state index contributed by atoms with van der Waals surface area (Å²) in [7, 11) is 0. The van der Waals surface area contributed by atoms with E-state index in [-0.39, 0.29) is 18.2 Å². The number of hydrogen-bond donors (Lipinski definition) is 1. The topological polar surface area (TPSA) is 49.4 Å². The summed E-state index contributed by atoms with van der Waals surface area (Å²) in [6, 6.07) is 12.9. The minimum absolute atomic E-state index is 0.165. The lowest BCUT2D eigenvalue weighted by atomic mass is 10.1. The Labute approximate surface area is 136 Å². The summed E-state index contributed by atoms with van der Waals surface area (Å²) in [4.78, 5) is 26.2. The van der Waals surface area contributed by atoms with Crippen LogP contribution in [-0.2, 0) is 9.59 Å². The van der Waals surface area contributed by atoms with Crippen molar-refractivity contribution in [3.63, 3.8) is 0 Å². The highest BCUT2D eigenvalue weighted by molar-refractivity contribution is 6.23. The molecule has 1 fully saturated rings. The fourth-order valence-electron chi connectivity index (χ4n) is 2.82. The van der Waals surface area contributed by atoms with Crippen molar-refractivity contribution in [2.24, 2.45) is 0 Å². The van der Waals surface area contributed by atoms with E-state index in [1.54, 1.807) is 6.07 Å². The van der Waals surface area contributed by atoms with Gasteiger partial charge in [0.1, 0.15) is 6.04 Å². The van der Waals surface area contributed by atoms with Gasteiger partial charge in [-0.25, -0.2) is 4.90 Å². The number of imide groups is 1. The summed E-state index contributed by atoms with van der Waals surface area (Å²) in [5.41, 5.74) is 4.89. The maximum Gasteiger partial charge on any atom is 0.256 e. The third-order valence-electron chi connectivity index (χ3n) is 4.25. The molecule has 1 atom stereocenters. The maximum absolute atomic E-state index is 12.6. The molecule has 1 aliphatic rings. The van der Waals surface area contributed by atoms with Gasteiger partial charge in [0.2, 0.25) is 5.91 Å². The molecule has 0 aliphatic carbocycles. The van der Waals surface area contributed by atoms with E-state index in [4.69, 9.17) is 0 Å². The Kier molecular flexibility index (Phi) is 3.90. The molecule has 0 unspecified atom stereocenters. The van der Waals surface area contributed by atoms with Crippen LogP contribution in [0.4, 0.5) is 11.4 Å². The lowest BCUT2D eigenvalue weighted by Gasteiger charge is -2.17. The fraction of sp³-hybridized carbons (Fsp3) is 0.263. The first kappa shape index (κ1) is 15.3. The van der Waals surface area contributed by atoms with E-state index >= 15 is 0 Å². The van der Waals surface area contributed by atoms with Crippen LogP contribution in [0.1, 0.15) is 23.1 Å². The molecule has 1 aliphatic heterocycles. The quantitative estimate of drug-likeness (QED) is 0.885. The van der Waals surface area contributed by atoms with E-state index in [2.05, 4.69) is 5.32 Å². The minimum Gasteiger partial charge on any atom is -0.373 e. The van der Waals surface area contributed by atoms with Crippen LogP contribution in [0.15, 0.2) is 42.5 Å². The summed E-state index contributed by atoms with van der Waals surface area (Å²) in [6.45, 7) is 6.02. The zero-order valence-electron chi connectivity index (χ0n) is 13.6. The molecule has 3 rings (SSSR count).